The predicted octanol–water partition coefficient (Wildman–Crippen LogP) is 4.48. The molecule has 28 heavy (non-hydrogen) atoms. The zero-order chi connectivity index (χ0) is 19.7. The lowest BCUT2D eigenvalue weighted by Crippen LogP contribution is -2.21. The van der Waals surface area contributed by atoms with Crippen LogP contribution in [-0.4, -0.2) is 5.97 Å². The molecule has 2 N–H and O–H groups in total. The van der Waals surface area contributed by atoms with Crippen LogP contribution in [0.1, 0.15) is 27.6 Å². The average molecular weight is 437 g/mol. The fourth-order valence-corrected chi connectivity index (χ4v) is 3.31. The van der Waals surface area contributed by atoms with E-state index in [4.69, 9.17) is 19.6 Å². The Balaban J connectivity index is 1.72. The lowest BCUT2D eigenvalue weighted by molar-refractivity contribution is 0.0701. The molecule has 2 aromatic carbocycles. The summed E-state index contributed by atoms with van der Waals surface area (Å²) in [5.74, 6) is -0.171. The summed E-state index contributed by atoms with van der Waals surface area (Å²) >= 11 is 3.41. The number of hydrogen-bond acceptors (Lipinski definition) is 6. The van der Waals surface area contributed by atoms with Crippen molar-refractivity contribution in [3.05, 3.63) is 93.7 Å². The SMILES string of the molecule is N#CC1=C(N)Oc2cc(OC(=O)c3ccco3)ccc2C1c1ccc(Br)cc1. The summed E-state index contributed by atoms with van der Waals surface area (Å²) in [5, 5.41) is 9.60. The molecule has 1 aromatic heterocycles. The summed E-state index contributed by atoms with van der Waals surface area (Å²) in [4.78, 5) is 12.1. The van der Waals surface area contributed by atoms with E-state index in [0.717, 1.165) is 15.6 Å². The van der Waals surface area contributed by atoms with Crippen molar-refractivity contribution in [1.82, 2.24) is 0 Å². The smallest absolute Gasteiger partial charge is 0.379 e. The number of halogens is 1. The molecule has 0 saturated carbocycles. The molecule has 4 rings (SSSR count). The zero-order valence-corrected chi connectivity index (χ0v) is 16.0. The van der Waals surface area contributed by atoms with Gasteiger partial charge in [0, 0.05) is 16.1 Å². The Morgan fingerprint density at radius 3 is 2.64 bits per heavy atom. The van der Waals surface area contributed by atoms with Gasteiger partial charge in [0.05, 0.1) is 12.2 Å². The first-order valence-corrected chi connectivity index (χ1v) is 9.09. The minimum Gasteiger partial charge on any atom is -0.457 e. The topological polar surface area (TPSA) is 98.5 Å². The van der Waals surface area contributed by atoms with Crippen molar-refractivity contribution in [1.29, 1.82) is 5.26 Å². The zero-order valence-electron chi connectivity index (χ0n) is 14.4. The molecule has 6 nitrogen and oxygen atoms in total. The second-order valence-electron chi connectivity index (χ2n) is 6.04. The Labute approximate surface area is 168 Å². The van der Waals surface area contributed by atoms with Gasteiger partial charge in [0.25, 0.3) is 0 Å². The van der Waals surface area contributed by atoms with E-state index in [1.54, 1.807) is 24.3 Å². The molecule has 1 unspecified atom stereocenters. The molecular formula is C21H13BrN2O4. The first-order valence-electron chi connectivity index (χ1n) is 8.29. The summed E-state index contributed by atoms with van der Waals surface area (Å²) in [6, 6.07) is 17.9. The quantitative estimate of drug-likeness (QED) is 0.479. The number of esters is 1. The second kappa shape index (κ2) is 7.25. The van der Waals surface area contributed by atoms with Crippen LogP contribution in [0, 0.1) is 11.3 Å². The number of nitrogens with two attached hydrogens (primary N) is 1. The summed E-state index contributed by atoms with van der Waals surface area (Å²) in [6.07, 6.45) is 1.39. The standard InChI is InChI=1S/C21H13BrN2O4/c22-13-5-3-12(4-6-13)19-15-8-7-14(27-21(25)17-2-1-9-26-17)10-18(15)28-20(24)16(19)11-23/h1-10,19H,24H2. The fourth-order valence-electron chi connectivity index (χ4n) is 3.05. The normalized spacial score (nSPS) is 15.4. The maximum absolute atomic E-state index is 12.1. The highest BCUT2D eigenvalue weighted by molar-refractivity contribution is 9.10. The molecule has 0 saturated heterocycles. The van der Waals surface area contributed by atoms with E-state index in [2.05, 4.69) is 22.0 Å². The van der Waals surface area contributed by atoms with Crippen LogP contribution in [0.25, 0.3) is 0 Å². The van der Waals surface area contributed by atoms with E-state index in [0.29, 0.717) is 11.3 Å². The largest absolute Gasteiger partial charge is 0.457 e. The Hall–Kier alpha value is -3.50. The van der Waals surface area contributed by atoms with Crippen molar-refractivity contribution >= 4 is 21.9 Å². The van der Waals surface area contributed by atoms with Crippen molar-refractivity contribution in [3.63, 3.8) is 0 Å². The minimum atomic E-state index is -0.619. The van der Waals surface area contributed by atoms with Gasteiger partial charge in [-0.25, -0.2) is 4.79 Å². The van der Waals surface area contributed by atoms with Gasteiger partial charge < -0.3 is 19.6 Å². The van der Waals surface area contributed by atoms with Crippen LogP contribution in [0.2, 0.25) is 0 Å². The van der Waals surface area contributed by atoms with E-state index < -0.39 is 5.97 Å². The van der Waals surface area contributed by atoms with Crippen LogP contribution in [0.15, 0.2) is 81.2 Å². The van der Waals surface area contributed by atoms with E-state index in [1.807, 2.05) is 24.3 Å². The molecule has 2 heterocycles. The number of rotatable bonds is 3. The summed E-state index contributed by atoms with van der Waals surface area (Å²) in [6.45, 7) is 0. The van der Waals surface area contributed by atoms with Crippen LogP contribution >= 0.6 is 15.9 Å². The van der Waals surface area contributed by atoms with E-state index >= 15 is 0 Å². The number of hydrogen-bond donors (Lipinski definition) is 1. The minimum absolute atomic E-state index is 0.0254. The second-order valence-corrected chi connectivity index (χ2v) is 6.96. The third-order valence-electron chi connectivity index (χ3n) is 4.33. The Morgan fingerprint density at radius 2 is 1.96 bits per heavy atom. The predicted molar refractivity (Wildman–Crippen MR) is 104 cm³/mol. The molecule has 0 fully saturated rings. The third kappa shape index (κ3) is 3.26. The maximum Gasteiger partial charge on any atom is 0.379 e. The highest BCUT2D eigenvalue weighted by atomic mass is 79.9. The van der Waals surface area contributed by atoms with Crippen LogP contribution in [0.4, 0.5) is 0 Å². The molecule has 1 atom stereocenters. The molecule has 3 aromatic rings. The number of carbonyl (C=O) groups is 1. The summed E-state index contributed by atoms with van der Waals surface area (Å²) in [5.41, 5.74) is 7.97. The average Bonchev–Trinajstić information content (AvgIpc) is 3.22. The van der Waals surface area contributed by atoms with Gasteiger partial charge in [-0.2, -0.15) is 5.26 Å². The monoisotopic (exact) mass is 436 g/mol. The first-order chi connectivity index (χ1) is 13.6. The first kappa shape index (κ1) is 17.9. The number of furan rings is 1. The van der Waals surface area contributed by atoms with Gasteiger partial charge in [0.15, 0.2) is 0 Å². The van der Waals surface area contributed by atoms with Crippen molar-refractivity contribution in [3.8, 4) is 17.6 Å². The van der Waals surface area contributed by atoms with Gasteiger partial charge >= 0.3 is 5.97 Å². The number of benzene rings is 2. The molecule has 0 radical (unpaired) electrons. The van der Waals surface area contributed by atoms with Crippen molar-refractivity contribution < 1.29 is 18.7 Å². The van der Waals surface area contributed by atoms with Crippen molar-refractivity contribution in [2.75, 3.05) is 0 Å². The number of carbonyl (C=O) groups excluding carboxylic acids is 1. The number of ether oxygens (including phenoxy) is 2. The van der Waals surface area contributed by atoms with E-state index in [1.165, 1.54) is 12.3 Å². The van der Waals surface area contributed by atoms with Crippen LogP contribution in [0.3, 0.4) is 0 Å². The van der Waals surface area contributed by atoms with Crippen molar-refractivity contribution in [2.24, 2.45) is 5.73 Å². The number of nitriles is 1. The Bertz CT molecular complexity index is 1110. The summed E-state index contributed by atoms with van der Waals surface area (Å²) < 4.78 is 16.9. The molecule has 1 aliphatic heterocycles. The molecule has 0 amide bonds. The Morgan fingerprint density at radius 1 is 1.18 bits per heavy atom. The van der Waals surface area contributed by atoms with E-state index in [-0.39, 0.29) is 23.3 Å². The molecule has 138 valence electrons. The fraction of sp³-hybridized carbons (Fsp3) is 0.0476. The van der Waals surface area contributed by atoms with Crippen LogP contribution in [0.5, 0.6) is 11.5 Å². The third-order valence-corrected chi connectivity index (χ3v) is 4.86. The summed E-state index contributed by atoms with van der Waals surface area (Å²) in [7, 11) is 0. The van der Waals surface area contributed by atoms with E-state index in [9.17, 15) is 10.1 Å². The van der Waals surface area contributed by atoms with Crippen LogP contribution in [-0.2, 0) is 0 Å². The molecule has 0 bridgehead atoms. The van der Waals surface area contributed by atoms with Crippen LogP contribution < -0.4 is 15.2 Å². The number of fused-ring (bicyclic) bond motifs is 1. The van der Waals surface area contributed by atoms with Gasteiger partial charge in [-0.1, -0.05) is 34.1 Å². The Kier molecular flexibility index (Phi) is 4.63. The molecule has 1 aliphatic rings. The molecule has 7 heteroatoms. The van der Waals surface area contributed by atoms with Gasteiger partial charge in [0.1, 0.15) is 23.1 Å². The molecule has 0 spiro atoms. The highest BCUT2D eigenvalue weighted by Crippen LogP contribution is 2.43. The van der Waals surface area contributed by atoms with Gasteiger partial charge in [0.2, 0.25) is 11.6 Å². The molecular weight excluding hydrogens is 424 g/mol. The number of nitrogens with zero attached hydrogens (tertiary/aromatic N) is 1. The van der Waals surface area contributed by atoms with Gasteiger partial charge in [-0.05, 0) is 35.9 Å². The van der Waals surface area contributed by atoms with Gasteiger partial charge in [-0.3, -0.25) is 0 Å². The maximum atomic E-state index is 12.1. The number of allylic oxidation sites excluding steroid dienone is 1. The highest BCUT2D eigenvalue weighted by Gasteiger charge is 2.31. The lowest BCUT2D eigenvalue weighted by Gasteiger charge is -2.26. The lowest BCUT2D eigenvalue weighted by atomic mass is 9.83. The molecule has 0 aliphatic carbocycles. The van der Waals surface area contributed by atoms with Gasteiger partial charge in [-0.15, -0.1) is 0 Å². The van der Waals surface area contributed by atoms with Crippen molar-refractivity contribution in [2.45, 2.75) is 5.92 Å².